The fourth-order valence-corrected chi connectivity index (χ4v) is 3.92. The van der Waals surface area contributed by atoms with Crippen LogP contribution in [-0.4, -0.2) is 9.97 Å². The van der Waals surface area contributed by atoms with Gasteiger partial charge in [-0.25, -0.2) is 9.97 Å². The number of nitrogens with zero attached hydrogens (tertiary/aromatic N) is 2. The number of hydrogen-bond acceptors (Lipinski definition) is 2. The Hall–Kier alpha value is -2.48. The molecule has 0 spiro atoms. The number of unbranched alkanes of at least 4 members (excludes halogenated alkanes) is 3. The maximum Gasteiger partial charge on any atom is 0.159 e. The predicted molar refractivity (Wildman–Crippen MR) is 133 cm³/mol. The first-order valence-corrected chi connectivity index (χ1v) is 12.2. The summed E-state index contributed by atoms with van der Waals surface area (Å²) in [6.45, 7) is 6.87. The first kappa shape index (κ1) is 23.2. The number of aromatic nitrogens is 2. The molecule has 0 amide bonds. The molecule has 3 rings (SSSR count). The number of rotatable bonds is 12. The molecule has 0 saturated heterocycles. The van der Waals surface area contributed by atoms with Crippen molar-refractivity contribution in [3.8, 4) is 22.5 Å². The third-order valence-corrected chi connectivity index (χ3v) is 6.31. The van der Waals surface area contributed by atoms with E-state index in [1.54, 1.807) is 0 Å². The Morgan fingerprint density at radius 2 is 1.23 bits per heavy atom. The van der Waals surface area contributed by atoms with Gasteiger partial charge in [-0.15, -0.1) is 0 Å². The molecule has 31 heavy (non-hydrogen) atoms. The van der Waals surface area contributed by atoms with Crippen LogP contribution >= 0.6 is 0 Å². The van der Waals surface area contributed by atoms with Crippen molar-refractivity contribution in [3.63, 3.8) is 0 Å². The van der Waals surface area contributed by atoms with Gasteiger partial charge in [0.05, 0.1) is 0 Å². The van der Waals surface area contributed by atoms with E-state index in [2.05, 4.69) is 79.3 Å². The second kappa shape index (κ2) is 12.4. The van der Waals surface area contributed by atoms with Gasteiger partial charge < -0.3 is 0 Å². The molecule has 0 bridgehead atoms. The maximum atomic E-state index is 4.60. The monoisotopic (exact) mass is 414 g/mol. The summed E-state index contributed by atoms with van der Waals surface area (Å²) >= 11 is 0. The summed E-state index contributed by atoms with van der Waals surface area (Å²) in [6.07, 6.45) is 15.2. The highest BCUT2D eigenvalue weighted by Crippen LogP contribution is 2.24. The molecule has 2 heteroatoms. The van der Waals surface area contributed by atoms with Crippen LogP contribution in [0, 0.1) is 5.92 Å². The van der Waals surface area contributed by atoms with Crippen molar-refractivity contribution in [3.05, 3.63) is 72.1 Å². The number of aryl methyl sites for hydroxylation is 2. The summed E-state index contributed by atoms with van der Waals surface area (Å²) in [7, 11) is 0. The molecule has 0 aliphatic heterocycles. The van der Waals surface area contributed by atoms with Gasteiger partial charge in [-0.1, -0.05) is 101 Å². The summed E-state index contributed by atoms with van der Waals surface area (Å²) in [4.78, 5) is 9.20. The first-order valence-electron chi connectivity index (χ1n) is 12.2. The average molecular weight is 415 g/mol. The molecule has 0 aliphatic rings. The van der Waals surface area contributed by atoms with Gasteiger partial charge in [0.15, 0.2) is 5.82 Å². The van der Waals surface area contributed by atoms with E-state index in [9.17, 15) is 0 Å². The highest BCUT2D eigenvalue weighted by molar-refractivity contribution is 5.67. The van der Waals surface area contributed by atoms with Crippen LogP contribution in [0.15, 0.2) is 60.9 Å². The second-order valence-electron chi connectivity index (χ2n) is 8.91. The lowest BCUT2D eigenvalue weighted by molar-refractivity contribution is 0.496. The molecule has 3 aromatic rings. The van der Waals surface area contributed by atoms with Gasteiger partial charge in [-0.3, -0.25) is 0 Å². The van der Waals surface area contributed by atoms with E-state index in [1.807, 2.05) is 12.4 Å². The van der Waals surface area contributed by atoms with Crippen molar-refractivity contribution >= 4 is 0 Å². The van der Waals surface area contributed by atoms with Crippen molar-refractivity contribution in [1.29, 1.82) is 0 Å². The molecule has 2 aromatic carbocycles. The molecule has 0 N–H and O–H groups in total. The molecule has 0 saturated carbocycles. The van der Waals surface area contributed by atoms with Crippen LogP contribution in [0.1, 0.15) is 76.8 Å². The average Bonchev–Trinajstić information content (AvgIpc) is 2.83. The zero-order valence-corrected chi connectivity index (χ0v) is 19.6. The zero-order chi connectivity index (χ0) is 21.9. The van der Waals surface area contributed by atoms with E-state index in [0.29, 0.717) is 0 Å². The van der Waals surface area contributed by atoms with E-state index >= 15 is 0 Å². The van der Waals surface area contributed by atoms with Crippen molar-refractivity contribution in [1.82, 2.24) is 9.97 Å². The number of benzene rings is 2. The third-order valence-electron chi connectivity index (χ3n) is 6.31. The molecule has 0 radical (unpaired) electrons. The maximum absolute atomic E-state index is 4.60. The SMILES string of the molecule is CCCCCCc1cnc(-c2ccc(-c3ccc(CCC[C@@H](C)CC)cc3)cc2)nc1. The number of hydrogen-bond donors (Lipinski definition) is 0. The molecule has 1 atom stereocenters. The Morgan fingerprint density at radius 1 is 0.645 bits per heavy atom. The largest absolute Gasteiger partial charge is 0.236 e. The van der Waals surface area contributed by atoms with Crippen LogP contribution in [0.5, 0.6) is 0 Å². The van der Waals surface area contributed by atoms with Gasteiger partial charge in [-0.2, -0.15) is 0 Å². The summed E-state index contributed by atoms with van der Waals surface area (Å²) < 4.78 is 0. The molecule has 0 fully saturated rings. The molecule has 164 valence electrons. The molecule has 2 nitrogen and oxygen atoms in total. The van der Waals surface area contributed by atoms with Crippen LogP contribution in [0.4, 0.5) is 0 Å². The zero-order valence-electron chi connectivity index (χ0n) is 19.6. The van der Waals surface area contributed by atoms with Gasteiger partial charge in [0.2, 0.25) is 0 Å². The van der Waals surface area contributed by atoms with Crippen molar-refractivity contribution in [2.75, 3.05) is 0 Å². The third kappa shape index (κ3) is 7.31. The normalized spacial score (nSPS) is 12.1. The Labute approximate surface area is 189 Å². The highest BCUT2D eigenvalue weighted by Gasteiger charge is 2.05. The predicted octanol–water partition coefficient (Wildman–Crippen LogP) is 8.30. The minimum Gasteiger partial charge on any atom is -0.236 e. The van der Waals surface area contributed by atoms with E-state index < -0.39 is 0 Å². The van der Waals surface area contributed by atoms with Crippen LogP contribution in [0.25, 0.3) is 22.5 Å². The Morgan fingerprint density at radius 3 is 1.84 bits per heavy atom. The first-order chi connectivity index (χ1) is 15.2. The Balaban J connectivity index is 1.56. The summed E-state index contributed by atoms with van der Waals surface area (Å²) in [6, 6.07) is 17.7. The van der Waals surface area contributed by atoms with Crippen LogP contribution < -0.4 is 0 Å². The summed E-state index contributed by atoms with van der Waals surface area (Å²) in [5, 5.41) is 0. The van der Waals surface area contributed by atoms with E-state index in [-0.39, 0.29) is 0 Å². The summed E-state index contributed by atoms with van der Waals surface area (Å²) in [5.74, 6) is 1.64. The minimum atomic E-state index is 0.806. The van der Waals surface area contributed by atoms with Crippen LogP contribution in [0.3, 0.4) is 0 Å². The summed E-state index contributed by atoms with van der Waals surface area (Å²) in [5.41, 5.74) is 6.25. The molecule has 0 unspecified atom stereocenters. The van der Waals surface area contributed by atoms with Gasteiger partial charge >= 0.3 is 0 Å². The molecular formula is C29H38N2. The van der Waals surface area contributed by atoms with E-state index in [1.165, 1.54) is 73.6 Å². The van der Waals surface area contributed by atoms with E-state index in [0.717, 1.165) is 23.7 Å². The second-order valence-corrected chi connectivity index (χ2v) is 8.91. The fourth-order valence-electron chi connectivity index (χ4n) is 3.92. The lowest BCUT2D eigenvalue weighted by Crippen LogP contribution is -1.94. The lowest BCUT2D eigenvalue weighted by atomic mass is 9.97. The van der Waals surface area contributed by atoms with Gasteiger partial charge in [0.25, 0.3) is 0 Å². The lowest BCUT2D eigenvalue weighted by Gasteiger charge is -2.09. The van der Waals surface area contributed by atoms with Crippen molar-refractivity contribution < 1.29 is 0 Å². The topological polar surface area (TPSA) is 25.8 Å². The van der Waals surface area contributed by atoms with Crippen molar-refractivity contribution in [2.24, 2.45) is 5.92 Å². The molecule has 0 aliphatic carbocycles. The van der Waals surface area contributed by atoms with Gasteiger partial charge in [-0.05, 0) is 53.9 Å². The Bertz CT molecular complexity index is 880. The fraction of sp³-hybridized carbons (Fsp3) is 0.448. The van der Waals surface area contributed by atoms with E-state index in [4.69, 9.17) is 0 Å². The standard InChI is InChI=1S/C29H38N2/c1-4-6-7-8-11-25-21-30-29(31-22-25)28-19-17-27(18-20-28)26-15-13-24(14-16-26)12-9-10-23(3)5-2/h13-23H,4-12H2,1-3H3/t23-/m0/s1. The molecule has 1 aromatic heterocycles. The Kier molecular flexibility index (Phi) is 9.27. The van der Waals surface area contributed by atoms with Crippen LogP contribution in [0.2, 0.25) is 0 Å². The highest BCUT2D eigenvalue weighted by atomic mass is 14.9. The van der Waals surface area contributed by atoms with Crippen molar-refractivity contribution in [2.45, 2.75) is 78.6 Å². The smallest absolute Gasteiger partial charge is 0.159 e. The van der Waals surface area contributed by atoms with Crippen LogP contribution in [-0.2, 0) is 12.8 Å². The minimum absolute atomic E-state index is 0.806. The quantitative estimate of drug-likeness (QED) is 0.278. The molecule has 1 heterocycles. The van der Waals surface area contributed by atoms with Gasteiger partial charge in [0.1, 0.15) is 0 Å². The molecular weight excluding hydrogens is 376 g/mol. The van der Waals surface area contributed by atoms with Gasteiger partial charge in [0, 0.05) is 18.0 Å².